The van der Waals surface area contributed by atoms with E-state index in [-0.39, 0.29) is 12.6 Å². The van der Waals surface area contributed by atoms with Crippen LogP contribution in [0.1, 0.15) is 36.1 Å². The molecule has 3 nitrogen and oxygen atoms in total. The largest absolute Gasteiger partial charge is 0.369 e. The van der Waals surface area contributed by atoms with Crippen LogP contribution < -0.4 is 0 Å². The van der Waals surface area contributed by atoms with Crippen molar-refractivity contribution in [2.75, 3.05) is 6.61 Å². The predicted octanol–water partition coefficient (Wildman–Crippen LogP) is 4.47. The smallest absolute Gasteiger partial charge is 0.108 e. The third-order valence-electron chi connectivity index (χ3n) is 3.16. The fourth-order valence-electron chi connectivity index (χ4n) is 2.23. The molecule has 104 valence electrons. The van der Waals surface area contributed by atoms with E-state index in [0.29, 0.717) is 6.61 Å². The molecule has 0 aromatic heterocycles. The number of benzene rings is 2. The molecule has 0 spiro atoms. The highest BCUT2D eigenvalue weighted by Gasteiger charge is 2.17. The Labute approximate surface area is 119 Å². The number of nitroso groups, excluding NO2 is 1. The average molecular weight is 269 g/mol. The summed E-state index contributed by atoms with van der Waals surface area (Å²) in [7, 11) is 0. The van der Waals surface area contributed by atoms with Gasteiger partial charge in [0.1, 0.15) is 12.6 Å². The fourth-order valence-corrected chi connectivity index (χ4v) is 2.23. The zero-order chi connectivity index (χ0) is 14.2. The zero-order valence-corrected chi connectivity index (χ0v) is 11.7. The van der Waals surface area contributed by atoms with Crippen molar-refractivity contribution >= 4 is 0 Å². The molecule has 2 aromatic rings. The van der Waals surface area contributed by atoms with E-state index in [0.717, 1.165) is 23.1 Å². The van der Waals surface area contributed by atoms with E-state index in [1.807, 2.05) is 54.6 Å². The Hall–Kier alpha value is -2.00. The molecule has 0 aliphatic heterocycles. The van der Waals surface area contributed by atoms with Crippen molar-refractivity contribution in [3.63, 3.8) is 0 Å². The number of hydrogen-bond donors (Lipinski definition) is 0. The molecule has 0 heterocycles. The van der Waals surface area contributed by atoms with Gasteiger partial charge in [0.25, 0.3) is 0 Å². The highest BCUT2D eigenvalue weighted by Crippen LogP contribution is 2.29. The van der Waals surface area contributed by atoms with E-state index < -0.39 is 0 Å². The monoisotopic (exact) mass is 269 g/mol. The van der Waals surface area contributed by atoms with Gasteiger partial charge in [0.05, 0.1) is 0 Å². The Morgan fingerprint density at radius 2 is 1.75 bits per heavy atom. The van der Waals surface area contributed by atoms with Crippen LogP contribution in [-0.2, 0) is 11.3 Å². The summed E-state index contributed by atoms with van der Waals surface area (Å²) in [5.74, 6) is 0. The van der Waals surface area contributed by atoms with Crippen molar-refractivity contribution in [3.8, 4) is 0 Å². The minimum atomic E-state index is -0.144. The van der Waals surface area contributed by atoms with Gasteiger partial charge in [0, 0.05) is 6.61 Å². The molecule has 2 aromatic carbocycles. The number of ether oxygens (including phenoxy) is 1. The van der Waals surface area contributed by atoms with Crippen LogP contribution in [0.25, 0.3) is 0 Å². The first kappa shape index (κ1) is 14.4. The van der Waals surface area contributed by atoms with Crippen molar-refractivity contribution < 1.29 is 4.74 Å². The minimum Gasteiger partial charge on any atom is -0.369 e. The molecule has 2 rings (SSSR count). The molecule has 1 atom stereocenters. The van der Waals surface area contributed by atoms with Crippen LogP contribution in [0.4, 0.5) is 0 Å². The molecule has 0 N–H and O–H groups in total. The molecule has 0 amide bonds. The maximum absolute atomic E-state index is 10.6. The second-order valence-electron chi connectivity index (χ2n) is 4.65. The Balaban J connectivity index is 2.38. The molecule has 0 radical (unpaired) electrons. The van der Waals surface area contributed by atoms with Crippen LogP contribution in [-0.4, -0.2) is 6.61 Å². The third-order valence-corrected chi connectivity index (χ3v) is 3.16. The molecular formula is C17H19NO2. The maximum atomic E-state index is 10.6. The van der Waals surface area contributed by atoms with E-state index in [2.05, 4.69) is 12.1 Å². The quantitative estimate of drug-likeness (QED) is 0.696. The Kier molecular flexibility index (Phi) is 5.44. The molecule has 0 aliphatic rings. The summed E-state index contributed by atoms with van der Waals surface area (Å²) in [5, 5.41) is 3.02. The maximum Gasteiger partial charge on any atom is 0.108 e. The van der Waals surface area contributed by atoms with E-state index in [9.17, 15) is 4.91 Å². The predicted molar refractivity (Wildman–Crippen MR) is 80.5 cm³/mol. The van der Waals surface area contributed by atoms with Crippen molar-refractivity contribution in [1.82, 2.24) is 0 Å². The van der Waals surface area contributed by atoms with Gasteiger partial charge >= 0.3 is 0 Å². The molecule has 0 saturated carbocycles. The first-order valence-corrected chi connectivity index (χ1v) is 6.90. The number of hydrogen-bond acceptors (Lipinski definition) is 3. The summed E-state index contributed by atoms with van der Waals surface area (Å²) in [4.78, 5) is 10.6. The van der Waals surface area contributed by atoms with Crippen molar-refractivity contribution in [3.05, 3.63) is 76.2 Å². The zero-order valence-electron chi connectivity index (χ0n) is 11.7. The van der Waals surface area contributed by atoms with Gasteiger partial charge in [-0.1, -0.05) is 66.7 Å². The SMILES string of the molecule is CCCOC(c1ccccc1)c1ccccc1CN=O. The van der Waals surface area contributed by atoms with Crippen molar-refractivity contribution in [2.24, 2.45) is 5.18 Å². The Morgan fingerprint density at radius 3 is 2.45 bits per heavy atom. The van der Waals surface area contributed by atoms with Gasteiger partial charge in [-0.3, -0.25) is 0 Å². The molecule has 0 fully saturated rings. The van der Waals surface area contributed by atoms with Crippen LogP contribution >= 0.6 is 0 Å². The van der Waals surface area contributed by atoms with Gasteiger partial charge in [0.2, 0.25) is 0 Å². The standard InChI is InChI=1S/C17H19NO2/c1-2-12-20-17(14-8-4-3-5-9-14)16-11-7-6-10-15(16)13-18-19/h3-11,17H,2,12-13H2,1H3. The van der Waals surface area contributed by atoms with Crippen LogP contribution in [0.3, 0.4) is 0 Å². The number of nitrogens with zero attached hydrogens (tertiary/aromatic N) is 1. The van der Waals surface area contributed by atoms with Crippen molar-refractivity contribution in [2.45, 2.75) is 26.0 Å². The molecule has 0 aliphatic carbocycles. The lowest BCUT2D eigenvalue weighted by Crippen LogP contribution is -2.09. The van der Waals surface area contributed by atoms with Crippen molar-refractivity contribution in [1.29, 1.82) is 0 Å². The van der Waals surface area contributed by atoms with Crippen LogP contribution in [0, 0.1) is 4.91 Å². The summed E-state index contributed by atoms with van der Waals surface area (Å²) in [6.07, 6.45) is 0.811. The van der Waals surface area contributed by atoms with E-state index in [1.165, 1.54) is 0 Å². The van der Waals surface area contributed by atoms with E-state index >= 15 is 0 Å². The number of rotatable bonds is 7. The Morgan fingerprint density at radius 1 is 1.05 bits per heavy atom. The Bertz CT molecular complexity index is 540. The average Bonchev–Trinajstić information content (AvgIpc) is 2.50. The first-order valence-electron chi connectivity index (χ1n) is 6.90. The first-order chi connectivity index (χ1) is 9.86. The molecule has 20 heavy (non-hydrogen) atoms. The summed E-state index contributed by atoms with van der Waals surface area (Å²) in [6.45, 7) is 2.94. The molecular weight excluding hydrogens is 250 g/mol. The van der Waals surface area contributed by atoms with Gasteiger partial charge in [-0.05, 0) is 23.1 Å². The fraction of sp³-hybridized carbons (Fsp3) is 0.294. The van der Waals surface area contributed by atoms with Gasteiger partial charge in [-0.2, -0.15) is 4.91 Å². The van der Waals surface area contributed by atoms with Crippen LogP contribution in [0.5, 0.6) is 0 Å². The highest BCUT2D eigenvalue weighted by molar-refractivity contribution is 5.36. The van der Waals surface area contributed by atoms with Gasteiger partial charge in [0.15, 0.2) is 0 Å². The summed E-state index contributed by atoms with van der Waals surface area (Å²) < 4.78 is 6.01. The summed E-state index contributed by atoms with van der Waals surface area (Å²) in [6, 6.07) is 17.9. The van der Waals surface area contributed by atoms with Gasteiger partial charge < -0.3 is 4.74 Å². The topological polar surface area (TPSA) is 38.7 Å². The van der Waals surface area contributed by atoms with Crippen LogP contribution in [0.15, 0.2) is 59.8 Å². The van der Waals surface area contributed by atoms with Crippen LogP contribution in [0.2, 0.25) is 0 Å². The summed E-state index contributed by atoms with van der Waals surface area (Å²) in [5.41, 5.74) is 3.04. The lowest BCUT2D eigenvalue weighted by Gasteiger charge is -2.21. The van der Waals surface area contributed by atoms with Gasteiger partial charge in [-0.25, -0.2) is 0 Å². The summed E-state index contributed by atoms with van der Waals surface area (Å²) >= 11 is 0. The van der Waals surface area contributed by atoms with E-state index in [1.54, 1.807) is 0 Å². The third kappa shape index (κ3) is 3.52. The second kappa shape index (κ2) is 7.56. The van der Waals surface area contributed by atoms with Gasteiger partial charge in [-0.15, -0.1) is 0 Å². The van der Waals surface area contributed by atoms with E-state index in [4.69, 9.17) is 4.74 Å². The molecule has 3 heteroatoms. The molecule has 0 saturated heterocycles. The molecule has 0 bridgehead atoms. The lowest BCUT2D eigenvalue weighted by molar-refractivity contribution is 0.0800. The normalized spacial score (nSPS) is 12.1. The second-order valence-corrected chi connectivity index (χ2v) is 4.65. The minimum absolute atomic E-state index is 0.144. The highest BCUT2D eigenvalue weighted by atomic mass is 16.5. The lowest BCUT2D eigenvalue weighted by atomic mass is 9.96. The molecule has 1 unspecified atom stereocenters.